The van der Waals surface area contributed by atoms with Crippen LogP contribution in [-0.4, -0.2) is 22.8 Å². The molecule has 28 heavy (non-hydrogen) atoms. The van der Waals surface area contributed by atoms with E-state index in [1.807, 2.05) is 24.3 Å². The molecule has 0 bridgehead atoms. The number of aromatic hydroxyl groups is 1. The molecule has 3 heterocycles. The highest BCUT2D eigenvalue weighted by atomic mass is 32.1. The van der Waals surface area contributed by atoms with Crippen molar-refractivity contribution in [2.24, 2.45) is 4.99 Å². The number of nitrogens with zero attached hydrogens (tertiary/aromatic N) is 2. The fourth-order valence-corrected chi connectivity index (χ4v) is 3.76. The number of anilines is 2. The van der Waals surface area contributed by atoms with Gasteiger partial charge in [0.25, 0.3) is 5.91 Å². The van der Waals surface area contributed by atoms with E-state index in [1.54, 1.807) is 30.4 Å². The predicted octanol–water partition coefficient (Wildman–Crippen LogP) is 2.34. The minimum atomic E-state index is -0.350. The lowest BCUT2D eigenvalue weighted by molar-refractivity contribution is -0.114. The lowest BCUT2D eigenvalue weighted by Crippen LogP contribution is -2.29. The number of carbonyl (C=O) groups is 1. The summed E-state index contributed by atoms with van der Waals surface area (Å²) in [6, 6.07) is 12.8. The monoisotopic (exact) mass is 391 g/mol. The number of fused-ring (bicyclic) bond motifs is 2. The lowest BCUT2D eigenvalue weighted by atomic mass is 10.1. The smallest absolute Gasteiger partial charge is 0.277 e. The zero-order chi connectivity index (χ0) is 19.1. The Bertz CT molecular complexity index is 1260. The predicted molar refractivity (Wildman–Crippen MR) is 104 cm³/mol. The number of carbonyl (C=O) groups excluding carboxylic acids is 1. The minimum Gasteiger partial charge on any atom is -0.492 e. The van der Waals surface area contributed by atoms with Gasteiger partial charge >= 0.3 is 0 Å². The van der Waals surface area contributed by atoms with Crippen LogP contribution in [0.15, 0.2) is 53.0 Å². The van der Waals surface area contributed by atoms with Gasteiger partial charge in [-0.3, -0.25) is 4.79 Å². The van der Waals surface area contributed by atoms with E-state index in [1.165, 1.54) is 11.3 Å². The fourth-order valence-electron chi connectivity index (χ4n) is 2.93. The van der Waals surface area contributed by atoms with Crippen molar-refractivity contribution in [2.75, 3.05) is 12.1 Å². The van der Waals surface area contributed by atoms with Crippen molar-refractivity contribution < 1.29 is 19.4 Å². The molecule has 0 radical (unpaired) electrons. The first kappa shape index (κ1) is 16.5. The van der Waals surface area contributed by atoms with Crippen LogP contribution >= 0.6 is 11.3 Å². The topological polar surface area (TPSA) is 93.0 Å². The van der Waals surface area contributed by atoms with E-state index in [-0.39, 0.29) is 18.6 Å². The summed E-state index contributed by atoms with van der Waals surface area (Å²) in [5.74, 6) is 0.835. The molecule has 138 valence electrons. The quantitative estimate of drug-likeness (QED) is 0.666. The summed E-state index contributed by atoms with van der Waals surface area (Å²) >= 11 is 1.23. The molecule has 2 aromatic carbocycles. The fraction of sp³-hybridized carbons (Fsp3) is 0.0500. The van der Waals surface area contributed by atoms with Gasteiger partial charge in [0, 0.05) is 22.5 Å². The second-order valence-corrected chi connectivity index (χ2v) is 7.15. The Hall–Kier alpha value is -3.65. The van der Waals surface area contributed by atoms with E-state index in [0.717, 1.165) is 10.9 Å². The average Bonchev–Trinajstić information content (AvgIpc) is 3.28. The molecule has 1 aromatic heterocycles. The van der Waals surface area contributed by atoms with E-state index in [4.69, 9.17) is 9.47 Å². The van der Waals surface area contributed by atoms with Gasteiger partial charge in [0.1, 0.15) is 0 Å². The Morgan fingerprint density at radius 1 is 1.14 bits per heavy atom. The highest BCUT2D eigenvalue weighted by molar-refractivity contribution is 7.16. The number of amides is 1. The second kappa shape index (κ2) is 6.50. The van der Waals surface area contributed by atoms with Crippen LogP contribution in [0.2, 0.25) is 0 Å². The van der Waals surface area contributed by atoms with Gasteiger partial charge in [-0.2, -0.15) is 4.98 Å². The summed E-state index contributed by atoms with van der Waals surface area (Å²) in [4.78, 5) is 21.0. The molecule has 8 heteroatoms. The number of hydrogen-bond acceptors (Lipinski definition) is 7. The summed E-state index contributed by atoms with van der Waals surface area (Å²) in [7, 11) is 0. The number of aromatic nitrogens is 1. The maximum absolute atomic E-state index is 12.3. The zero-order valence-electron chi connectivity index (χ0n) is 14.4. The van der Waals surface area contributed by atoms with Gasteiger partial charge in [0.2, 0.25) is 12.7 Å². The number of ether oxygens (including phenoxy) is 2. The molecule has 5 rings (SSSR count). The van der Waals surface area contributed by atoms with Crippen molar-refractivity contribution in [3.8, 4) is 17.4 Å². The van der Waals surface area contributed by atoms with Crippen LogP contribution in [0.3, 0.4) is 0 Å². The summed E-state index contributed by atoms with van der Waals surface area (Å²) in [5, 5.41) is 15.3. The largest absolute Gasteiger partial charge is 0.492 e. The molecule has 0 spiro atoms. The van der Waals surface area contributed by atoms with E-state index >= 15 is 0 Å². The van der Waals surface area contributed by atoms with Crippen molar-refractivity contribution in [3.63, 3.8) is 0 Å². The molecule has 2 aliphatic heterocycles. The molecular weight excluding hydrogens is 378 g/mol. The van der Waals surface area contributed by atoms with Gasteiger partial charge in [-0.15, -0.1) is 0 Å². The van der Waals surface area contributed by atoms with Crippen LogP contribution < -0.4 is 25.4 Å². The summed E-state index contributed by atoms with van der Waals surface area (Å²) in [5.41, 5.74) is 1.15. The van der Waals surface area contributed by atoms with Gasteiger partial charge in [0.05, 0.1) is 10.2 Å². The van der Waals surface area contributed by atoms with Gasteiger partial charge < -0.3 is 19.9 Å². The number of para-hydroxylation sites is 1. The van der Waals surface area contributed by atoms with Crippen molar-refractivity contribution in [2.45, 2.75) is 0 Å². The van der Waals surface area contributed by atoms with Crippen LogP contribution in [0.4, 0.5) is 10.8 Å². The number of thiazole rings is 1. The molecule has 7 nitrogen and oxygen atoms in total. The Morgan fingerprint density at radius 2 is 2.00 bits per heavy atom. The molecule has 0 unspecified atom stereocenters. The number of benzene rings is 2. The van der Waals surface area contributed by atoms with E-state index < -0.39 is 0 Å². The summed E-state index contributed by atoms with van der Waals surface area (Å²) in [6.45, 7) is 0.202. The lowest BCUT2D eigenvalue weighted by Gasteiger charge is -2.03. The first-order valence-corrected chi connectivity index (χ1v) is 9.25. The third-order valence-electron chi connectivity index (χ3n) is 4.26. The average molecular weight is 391 g/mol. The normalized spacial score (nSPS) is 15.7. The van der Waals surface area contributed by atoms with Gasteiger partial charge in [0.15, 0.2) is 16.6 Å². The zero-order valence-corrected chi connectivity index (χ0v) is 15.2. The Kier molecular flexibility index (Phi) is 3.84. The van der Waals surface area contributed by atoms with Crippen molar-refractivity contribution >= 4 is 40.2 Å². The third kappa shape index (κ3) is 2.99. The van der Waals surface area contributed by atoms with Crippen LogP contribution in [-0.2, 0) is 4.79 Å². The van der Waals surface area contributed by atoms with Crippen LogP contribution in [0.5, 0.6) is 17.4 Å². The van der Waals surface area contributed by atoms with Crippen molar-refractivity contribution in [3.05, 3.63) is 63.5 Å². The summed E-state index contributed by atoms with van der Waals surface area (Å²) in [6.07, 6.45) is 3.36. The molecule has 2 N–H and O–H groups in total. The molecule has 0 atom stereocenters. The van der Waals surface area contributed by atoms with Crippen LogP contribution in [0.25, 0.3) is 12.2 Å². The van der Waals surface area contributed by atoms with E-state index in [9.17, 15) is 9.90 Å². The number of nitrogens with one attached hydrogen (secondary N) is 1. The highest BCUT2D eigenvalue weighted by Gasteiger charge is 2.16. The SMILES string of the molecule is O=C1N=c2ccccc2=CC1=Cc1sc(Nc2ccc3c(c2)OCO3)nc1O. The van der Waals surface area contributed by atoms with E-state index in [2.05, 4.69) is 15.3 Å². The van der Waals surface area contributed by atoms with Gasteiger partial charge in [-0.25, -0.2) is 4.99 Å². The van der Waals surface area contributed by atoms with E-state index in [0.29, 0.717) is 32.4 Å². The minimum absolute atomic E-state index is 0.152. The molecule has 0 aliphatic carbocycles. The van der Waals surface area contributed by atoms with Crippen molar-refractivity contribution in [1.82, 2.24) is 4.98 Å². The Morgan fingerprint density at radius 3 is 2.93 bits per heavy atom. The summed E-state index contributed by atoms with van der Waals surface area (Å²) < 4.78 is 10.6. The highest BCUT2D eigenvalue weighted by Crippen LogP contribution is 2.37. The molecule has 0 fully saturated rings. The molecule has 1 amide bonds. The first-order chi connectivity index (χ1) is 13.7. The van der Waals surface area contributed by atoms with Gasteiger partial charge in [-0.1, -0.05) is 29.5 Å². The molecule has 0 saturated carbocycles. The van der Waals surface area contributed by atoms with Crippen molar-refractivity contribution in [1.29, 1.82) is 0 Å². The first-order valence-electron chi connectivity index (χ1n) is 8.44. The number of hydrogen-bond donors (Lipinski definition) is 2. The maximum Gasteiger partial charge on any atom is 0.277 e. The molecule has 3 aromatic rings. The molecule has 0 saturated heterocycles. The maximum atomic E-state index is 12.3. The standard InChI is InChI=1S/C20H13N3O4S/c24-18-12(7-11-3-1-2-4-14(11)22-18)8-17-19(25)23-20(28-17)21-13-5-6-15-16(9-13)27-10-26-15/h1-9,25H,10H2,(H,21,23). The van der Waals surface area contributed by atoms with Gasteiger partial charge in [-0.05, 0) is 30.4 Å². The van der Waals surface area contributed by atoms with Crippen LogP contribution in [0.1, 0.15) is 4.88 Å². The Labute approximate surface area is 162 Å². The Balaban J connectivity index is 1.45. The molecular formula is C20H13N3O4S. The number of rotatable bonds is 3. The third-order valence-corrected chi connectivity index (χ3v) is 5.17. The second-order valence-electron chi connectivity index (χ2n) is 6.12. The molecule has 2 aliphatic rings. The van der Waals surface area contributed by atoms with Crippen LogP contribution in [0, 0.1) is 0 Å².